The van der Waals surface area contributed by atoms with Crippen LogP contribution in [0, 0.1) is 11.8 Å². The molecule has 0 radical (unpaired) electrons. The summed E-state index contributed by atoms with van der Waals surface area (Å²) in [5.74, 6) is 1.48. The SMILES string of the molecule is CNc1nc(NC[C@H]2CC[C@H](CNS(=O)(=O)c3ccc(OC(F)(F)F)cc3)CC2)nc2ccccc12. The van der Waals surface area contributed by atoms with Crippen LogP contribution < -0.4 is 20.1 Å². The molecule has 1 aliphatic carbocycles. The molecular weight excluding hydrogens is 495 g/mol. The van der Waals surface area contributed by atoms with E-state index in [9.17, 15) is 21.6 Å². The molecule has 36 heavy (non-hydrogen) atoms. The number of nitrogens with zero attached hydrogens (tertiary/aromatic N) is 2. The number of para-hydroxylation sites is 1. The first-order chi connectivity index (χ1) is 17.1. The third kappa shape index (κ3) is 6.76. The minimum atomic E-state index is -4.83. The summed E-state index contributed by atoms with van der Waals surface area (Å²) >= 11 is 0. The van der Waals surface area contributed by atoms with Crippen LogP contribution in [0.25, 0.3) is 10.9 Å². The van der Waals surface area contributed by atoms with Crippen LogP contribution in [0.15, 0.2) is 53.4 Å². The molecule has 8 nitrogen and oxygen atoms in total. The number of nitrogens with one attached hydrogen (secondary N) is 3. The topological polar surface area (TPSA) is 105 Å². The molecule has 3 N–H and O–H groups in total. The average molecular weight is 524 g/mol. The second-order valence-corrected chi connectivity index (χ2v) is 10.6. The molecule has 4 rings (SSSR count). The number of fused-ring (bicyclic) bond motifs is 1. The third-order valence-electron chi connectivity index (χ3n) is 6.28. The Morgan fingerprint density at radius 1 is 0.944 bits per heavy atom. The fourth-order valence-corrected chi connectivity index (χ4v) is 5.47. The zero-order chi connectivity index (χ0) is 25.8. The van der Waals surface area contributed by atoms with E-state index in [1.165, 1.54) is 0 Å². The highest BCUT2D eigenvalue weighted by Crippen LogP contribution is 2.30. The number of hydrogen-bond donors (Lipinski definition) is 3. The van der Waals surface area contributed by atoms with Gasteiger partial charge < -0.3 is 15.4 Å². The molecule has 1 heterocycles. The van der Waals surface area contributed by atoms with E-state index in [2.05, 4.69) is 30.1 Å². The lowest BCUT2D eigenvalue weighted by molar-refractivity contribution is -0.274. The van der Waals surface area contributed by atoms with Crippen LogP contribution in [-0.2, 0) is 10.0 Å². The van der Waals surface area contributed by atoms with Gasteiger partial charge in [-0.25, -0.2) is 18.1 Å². The van der Waals surface area contributed by atoms with Crippen molar-refractivity contribution >= 4 is 32.7 Å². The van der Waals surface area contributed by atoms with Crippen LogP contribution >= 0.6 is 0 Å². The van der Waals surface area contributed by atoms with E-state index in [0.717, 1.165) is 73.2 Å². The molecular formula is C24H28F3N5O3S. The van der Waals surface area contributed by atoms with Crippen LogP contribution in [0.3, 0.4) is 0 Å². The Kier molecular flexibility index (Phi) is 7.84. The Bertz CT molecular complexity index is 1280. The smallest absolute Gasteiger partial charge is 0.406 e. The van der Waals surface area contributed by atoms with Gasteiger partial charge in [0.05, 0.1) is 10.4 Å². The van der Waals surface area contributed by atoms with Crippen LogP contribution in [0.1, 0.15) is 25.7 Å². The average Bonchev–Trinajstić information content (AvgIpc) is 2.85. The Hall–Kier alpha value is -3.12. The minimum absolute atomic E-state index is 0.105. The first kappa shape index (κ1) is 26.0. The predicted octanol–water partition coefficient (Wildman–Crippen LogP) is 4.77. The second-order valence-electron chi connectivity index (χ2n) is 8.80. The molecule has 1 fully saturated rings. The highest BCUT2D eigenvalue weighted by molar-refractivity contribution is 7.89. The van der Waals surface area contributed by atoms with Gasteiger partial charge in [0.1, 0.15) is 11.6 Å². The molecule has 12 heteroatoms. The summed E-state index contributed by atoms with van der Waals surface area (Å²) < 4.78 is 68.3. The van der Waals surface area contributed by atoms with Crippen LogP contribution in [0.2, 0.25) is 0 Å². The van der Waals surface area contributed by atoms with Gasteiger partial charge in [0.2, 0.25) is 16.0 Å². The molecule has 1 aliphatic rings. The maximum atomic E-state index is 12.5. The molecule has 1 aromatic heterocycles. The molecule has 194 valence electrons. The van der Waals surface area contributed by atoms with Crippen molar-refractivity contribution in [3.8, 4) is 5.75 Å². The van der Waals surface area contributed by atoms with Gasteiger partial charge in [-0.2, -0.15) is 4.98 Å². The molecule has 2 aromatic carbocycles. The van der Waals surface area contributed by atoms with Crippen LogP contribution in [0.5, 0.6) is 5.75 Å². The van der Waals surface area contributed by atoms with Crippen molar-refractivity contribution in [3.63, 3.8) is 0 Å². The molecule has 1 saturated carbocycles. The van der Waals surface area contributed by atoms with Crippen molar-refractivity contribution in [2.24, 2.45) is 11.8 Å². The fourth-order valence-electron chi connectivity index (χ4n) is 4.35. The summed E-state index contributed by atoms with van der Waals surface area (Å²) in [5.41, 5.74) is 0.859. The predicted molar refractivity (Wildman–Crippen MR) is 131 cm³/mol. The van der Waals surface area contributed by atoms with Crippen LogP contribution in [0.4, 0.5) is 24.9 Å². The van der Waals surface area contributed by atoms with E-state index in [4.69, 9.17) is 0 Å². The van der Waals surface area contributed by atoms with E-state index in [0.29, 0.717) is 11.9 Å². The van der Waals surface area contributed by atoms with Crippen molar-refractivity contribution < 1.29 is 26.3 Å². The normalized spacial score (nSPS) is 18.7. The molecule has 0 aliphatic heterocycles. The van der Waals surface area contributed by atoms with Crippen molar-refractivity contribution in [2.45, 2.75) is 36.9 Å². The van der Waals surface area contributed by atoms with Crippen molar-refractivity contribution in [1.29, 1.82) is 0 Å². The number of rotatable bonds is 9. The van der Waals surface area contributed by atoms with Gasteiger partial charge in [-0.3, -0.25) is 0 Å². The molecule has 0 atom stereocenters. The minimum Gasteiger partial charge on any atom is -0.406 e. The second kappa shape index (κ2) is 10.9. The molecule has 0 bridgehead atoms. The number of sulfonamides is 1. The van der Waals surface area contributed by atoms with E-state index >= 15 is 0 Å². The summed E-state index contributed by atoms with van der Waals surface area (Å²) in [6, 6.07) is 12.0. The molecule has 3 aromatic rings. The lowest BCUT2D eigenvalue weighted by Crippen LogP contribution is -2.32. The summed E-state index contributed by atoms with van der Waals surface area (Å²) in [6.07, 6.45) is -1.21. The maximum absolute atomic E-state index is 12.5. The van der Waals surface area contributed by atoms with Gasteiger partial charge in [-0.05, 0) is 73.9 Å². The largest absolute Gasteiger partial charge is 0.573 e. The van der Waals surface area contributed by atoms with Crippen molar-refractivity contribution in [3.05, 3.63) is 48.5 Å². The van der Waals surface area contributed by atoms with Crippen molar-refractivity contribution in [2.75, 3.05) is 30.8 Å². The van der Waals surface area contributed by atoms with Gasteiger partial charge in [0, 0.05) is 25.5 Å². The number of aromatic nitrogens is 2. The number of anilines is 2. The highest BCUT2D eigenvalue weighted by atomic mass is 32.2. The van der Waals surface area contributed by atoms with Gasteiger partial charge >= 0.3 is 6.36 Å². The lowest BCUT2D eigenvalue weighted by atomic mass is 9.82. The summed E-state index contributed by atoms with van der Waals surface area (Å²) in [6.45, 7) is 1.01. The Balaban J connectivity index is 1.24. The van der Waals surface area contributed by atoms with E-state index in [1.54, 1.807) is 0 Å². The molecule has 0 spiro atoms. The number of hydrogen-bond acceptors (Lipinski definition) is 7. The van der Waals surface area contributed by atoms with Gasteiger partial charge in [-0.15, -0.1) is 13.2 Å². The standard InChI is InChI=1S/C24H28F3N5O3S/c1-28-22-20-4-2-3-5-21(20)31-23(32-22)29-14-16-6-8-17(9-7-16)15-30-36(33,34)19-12-10-18(11-13-19)35-24(25,26)27/h2-5,10-13,16-17,30H,6-9,14-15H2,1H3,(H2,28,29,31,32)/t16-,17-. The summed E-state index contributed by atoms with van der Waals surface area (Å²) in [7, 11) is -2.00. The zero-order valence-corrected chi connectivity index (χ0v) is 20.5. The molecule has 0 unspecified atom stereocenters. The number of halogens is 3. The number of ether oxygens (including phenoxy) is 1. The highest BCUT2D eigenvalue weighted by Gasteiger charge is 2.31. The Morgan fingerprint density at radius 2 is 1.58 bits per heavy atom. The summed E-state index contributed by atoms with van der Waals surface area (Å²) in [4.78, 5) is 9.04. The monoisotopic (exact) mass is 523 g/mol. The van der Waals surface area contributed by atoms with Gasteiger partial charge in [-0.1, -0.05) is 12.1 Å². The summed E-state index contributed by atoms with van der Waals surface area (Å²) in [5, 5.41) is 7.40. The zero-order valence-electron chi connectivity index (χ0n) is 19.7. The first-order valence-corrected chi connectivity index (χ1v) is 13.1. The first-order valence-electron chi connectivity index (χ1n) is 11.7. The number of benzene rings is 2. The quantitative estimate of drug-likeness (QED) is 0.371. The van der Waals surface area contributed by atoms with E-state index in [-0.39, 0.29) is 17.4 Å². The lowest BCUT2D eigenvalue weighted by Gasteiger charge is -2.28. The maximum Gasteiger partial charge on any atom is 0.573 e. The van der Waals surface area contributed by atoms with E-state index < -0.39 is 22.1 Å². The van der Waals surface area contributed by atoms with E-state index in [1.807, 2.05) is 31.3 Å². The molecule has 0 saturated heterocycles. The Morgan fingerprint density at radius 3 is 2.22 bits per heavy atom. The van der Waals surface area contributed by atoms with Gasteiger partial charge in [0.25, 0.3) is 0 Å². The molecule has 0 amide bonds. The van der Waals surface area contributed by atoms with Crippen molar-refractivity contribution in [1.82, 2.24) is 14.7 Å². The van der Waals surface area contributed by atoms with Gasteiger partial charge in [0.15, 0.2) is 0 Å². The Labute approximate surface area is 207 Å². The third-order valence-corrected chi connectivity index (χ3v) is 7.72. The van der Waals surface area contributed by atoms with Crippen LogP contribution in [-0.4, -0.2) is 44.9 Å². The fraction of sp³-hybridized carbons (Fsp3) is 0.417. The number of alkyl halides is 3.